The number of carbonyl (C=O) groups is 2. The molecule has 408 valence electrons. The number of fused-ring (bicyclic) bond motifs is 1. The molecule has 3 atom stereocenters. The number of thiocarbonyl (C=S) groups is 1. The van der Waals surface area contributed by atoms with Crippen molar-refractivity contribution in [3.8, 4) is 0 Å². The van der Waals surface area contributed by atoms with Gasteiger partial charge in [0.25, 0.3) is 11.8 Å². The number of thioether (sulfide) groups is 1. The molecule has 4 heterocycles. The SMILES string of the molecule is CC1S[C@@H]2C(NC(=O)/C(=N/OC(c3ccccc3)(c3ccccc3)c3ccccc3)c3csc(NC(c4ccccc4)(c4ccccc4)c4ccccc4)n3)C(=O)N2C(C(=S)OC(c2ccccc2)c2ccccc2)=C1C1CCOCC1. The van der Waals surface area contributed by atoms with Gasteiger partial charge in [0.1, 0.15) is 28.8 Å². The van der Waals surface area contributed by atoms with Crippen molar-refractivity contribution >= 4 is 63.0 Å². The average Bonchev–Trinajstić information content (AvgIpc) is 2.65. The Morgan fingerprint density at radius 1 is 0.646 bits per heavy atom. The fourth-order valence-corrected chi connectivity index (χ4v) is 14.3. The van der Waals surface area contributed by atoms with E-state index < -0.39 is 34.6 Å². The molecule has 0 saturated carbocycles. The largest absolute Gasteiger partial charge is 0.469 e. The number of thiazole rings is 1. The van der Waals surface area contributed by atoms with Crippen LogP contribution in [-0.2, 0) is 35.0 Å². The van der Waals surface area contributed by atoms with E-state index in [9.17, 15) is 0 Å². The molecule has 12 rings (SSSR count). The molecule has 0 bridgehead atoms. The van der Waals surface area contributed by atoms with Crippen LogP contribution < -0.4 is 10.6 Å². The quantitative estimate of drug-likeness (QED) is 0.0285. The van der Waals surface area contributed by atoms with Crippen molar-refractivity contribution in [3.05, 3.63) is 310 Å². The number of oxime groups is 1. The third-order valence-corrected chi connectivity index (χ3v) is 18.1. The Labute approximate surface area is 491 Å². The Morgan fingerprint density at radius 2 is 1.07 bits per heavy atom. The second-order valence-electron chi connectivity index (χ2n) is 20.4. The molecule has 82 heavy (non-hydrogen) atoms. The Kier molecular flexibility index (Phi) is 16.1. The fourth-order valence-electron chi connectivity index (χ4n) is 11.7. The van der Waals surface area contributed by atoms with E-state index in [2.05, 4.69) is 54.0 Å². The summed E-state index contributed by atoms with van der Waals surface area (Å²) in [6.07, 6.45) is 1.02. The zero-order valence-electron chi connectivity index (χ0n) is 45.0. The van der Waals surface area contributed by atoms with E-state index in [-0.39, 0.29) is 33.5 Å². The number of rotatable bonds is 18. The highest BCUT2D eigenvalue weighted by atomic mass is 32.2. The molecule has 2 saturated heterocycles. The molecular formula is C69H59N5O5S3. The number of hydrogen-bond acceptors (Lipinski definition) is 11. The van der Waals surface area contributed by atoms with Gasteiger partial charge in [0, 0.05) is 40.5 Å². The maximum atomic E-state index is 15.7. The van der Waals surface area contributed by atoms with Crippen LogP contribution >= 0.6 is 35.3 Å². The predicted molar refractivity (Wildman–Crippen MR) is 330 cm³/mol. The summed E-state index contributed by atoms with van der Waals surface area (Å²) in [7, 11) is 0. The van der Waals surface area contributed by atoms with Crippen LogP contribution in [0.5, 0.6) is 0 Å². The molecule has 2 unspecified atom stereocenters. The number of carbonyl (C=O) groups excluding carboxylic acids is 2. The first-order valence-electron chi connectivity index (χ1n) is 27.6. The van der Waals surface area contributed by atoms with E-state index in [1.165, 1.54) is 11.3 Å². The van der Waals surface area contributed by atoms with Gasteiger partial charge in [0.05, 0.1) is 5.70 Å². The molecule has 2 amide bonds. The highest BCUT2D eigenvalue weighted by Gasteiger charge is 2.56. The first-order chi connectivity index (χ1) is 40.3. The minimum absolute atomic E-state index is 0.0914. The first kappa shape index (κ1) is 54.1. The van der Waals surface area contributed by atoms with Gasteiger partial charge in [0.15, 0.2) is 10.8 Å². The molecular weight excluding hydrogens is 1070 g/mol. The third kappa shape index (κ3) is 10.6. The molecule has 2 fully saturated rings. The minimum Gasteiger partial charge on any atom is -0.469 e. The monoisotopic (exact) mass is 1130 g/mol. The number of nitrogens with one attached hydrogen (secondary N) is 2. The second kappa shape index (κ2) is 24.3. The number of ether oxygens (including phenoxy) is 2. The van der Waals surface area contributed by atoms with E-state index in [1.54, 1.807) is 16.7 Å². The van der Waals surface area contributed by atoms with Crippen LogP contribution in [0.15, 0.2) is 264 Å². The van der Waals surface area contributed by atoms with Crippen LogP contribution in [0.2, 0.25) is 0 Å². The molecule has 13 heteroatoms. The van der Waals surface area contributed by atoms with Gasteiger partial charge in [-0.05, 0) is 71.3 Å². The minimum atomic E-state index is -1.35. The van der Waals surface area contributed by atoms with Crippen molar-refractivity contribution in [1.29, 1.82) is 0 Å². The highest BCUT2D eigenvalue weighted by Crippen LogP contribution is 2.49. The summed E-state index contributed by atoms with van der Waals surface area (Å²) in [6.45, 7) is 3.36. The zero-order valence-corrected chi connectivity index (χ0v) is 47.4. The molecule has 9 aromatic rings. The third-order valence-electron chi connectivity index (χ3n) is 15.6. The van der Waals surface area contributed by atoms with Crippen molar-refractivity contribution < 1.29 is 23.9 Å². The molecule has 3 aliphatic rings. The van der Waals surface area contributed by atoms with E-state index >= 15 is 9.59 Å². The van der Waals surface area contributed by atoms with Crippen molar-refractivity contribution in [2.75, 3.05) is 18.5 Å². The fraction of sp³-hybridized carbons (Fsp3) is 0.174. The van der Waals surface area contributed by atoms with Crippen LogP contribution in [0.25, 0.3) is 0 Å². The highest BCUT2D eigenvalue weighted by molar-refractivity contribution is 8.00. The number of aromatic nitrogens is 1. The van der Waals surface area contributed by atoms with Crippen molar-refractivity contribution in [3.63, 3.8) is 0 Å². The summed E-state index contributed by atoms with van der Waals surface area (Å²) in [6, 6.07) is 79.4. The molecule has 0 radical (unpaired) electrons. The standard InChI is InChI=1S/C69H59N5O5S3/c1-47-58(48-42-44-77-45-43-48)61(66(80)78-62(49-26-10-2-11-27-49)50-28-12-3-13-29-50)74-64(76)60(65(74)82-47)71-63(75)59(73-79-69(54-36-20-7-21-37-54,55-38-22-8-23-39-55)56-40-24-9-25-41-56)57-46-81-67(70-57)72-68(51-30-14-4-15-31-51,52-32-16-5-17-33-52)53-34-18-6-19-35-53/h2-41,46-48,60,62,65H,42-45H2,1H3,(H,70,72)(H,71,75)/b73-59+/t47?,60?,65-/m1/s1. The van der Waals surface area contributed by atoms with Gasteiger partial charge in [-0.1, -0.05) is 248 Å². The molecule has 1 aromatic heterocycles. The zero-order chi connectivity index (χ0) is 55.9. The summed E-state index contributed by atoms with van der Waals surface area (Å²) >= 11 is 9.34. The maximum Gasteiger partial charge on any atom is 0.276 e. The lowest BCUT2D eigenvalue weighted by Crippen LogP contribution is -2.71. The lowest BCUT2D eigenvalue weighted by Gasteiger charge is -2.53. The van der Waals surface area contributed by atoms with Crippen LogP contribution in [0.4, 0.5) is 5.13 Å². The van der Waals surface area contributed by atoms with Gasteiger partial charge in [0.2, 0.25) is 10.7 Å². The Bertz CT molecular complexity index is 3470. The van der Waals surface area contributed by atoms with Crippen LogP contribution in [0.3, 0.4) is 0 Å². The predicted octanol–water partition coefficient (Wildman–Crippen LogP) is 13.9. The number of benzene rings is 8. The van der Waals surface area contributed by atoms with Gasteiger partial charge in [-0.3, -0.25) is 14.5 Å². The van der Waals surface area contributed by atoms with Crippen LogP contribution in [0.1, 0.15) is 76.1 Å². The topological polar surface area (TPSA) is 114 Å². The van der Waals surface area contributed by atoms with E-state index in [0.29, 0.717) is 24.0 Å². The lowest BCUT2D eigenvalue weighted by atomic mass is 9.77. The van der Waals surface area contributed by atoms with E-state index in [0.717, 1.165) is 62.9 Å². The number of amides is 2. The lowest BCUT2D eigenvalue weighted by molar-refractivity contribution is -0.144. The van der Waals surface area contributed by atoms with Crippen LogP contribution in [-0.4, -0.2) is 62.3 Å². The summed E-state index contributed by atoms with van der Waals surface area (Å²) < 4.78 is 12.8. The number of nitrogens with zero attached hydrogens (tertiary/aromatic N) is 3. The Balaban J connectivity index is 0.945. The van der Waals surface area contributed by atoms with Gasteiger partial charge < -0.3 is 24.9 Å². The van der Waals surface area contributed by atoms with Crippen molar-refractivity contribution in [1.82, 2.24) is 15.2 Å². The van der Waals surface area contributed by atoms with Gasteiger partial charge in [-0.25, -0.2) is 4.98 Å². The number of anilines is 1. The van der Waals surface area contributed by atoms with Crippen molar-refractivity contribution in [2.24, 2.45) is 11.1 Å². The molecule has 0 spiro atoms. The average molecular weight is 1130 g/mol. The van der Waals surface area contributed by atoms with Crippen molar-refractivity contribution in [2.45, 2.75) is 53.7 Å². The van der Waals surface area contributed by atoms with E-state index in [4.69, 9.17) is 36.7 Å². The molecule has 8 aromatic carbocycles. The van der Waals surface area contributed by atoms with E-state index in [1.807, 2.05) is 212 Å². The molecule has 10 nitrogen and oxygen atoms in total. The van der Waals surface area contributed by atoms with Crippen LogP contribution in [0, 0.1) is 5.92 Å². The van der Waals surface area contributed by atoms with Gasteiger partial charge in [-0.2, -0.15) is 0 Å². The molecule has 0 aliphatic carbocycles. The number of β-lactam (4-membered cyclic amide) rings is 1. The van der Waals surface area contributed by atoms with Gasteiger partial charge >= 0.3 is 0 Å². The smallest absolute Gasteiger partial charge is 0.276 e. The Hall–Kier alpha value is -8.46. The molecule has 3 aliphatic heterocycles. The Morgan fingerprint density at radius 3 is 1.52 bits per heavy atom. The van der Waals surface area contributed by atoms with Gasteiger partial charge in [-0.15, -0.1) is 23.1 Å². The normalized spacial score (nSPS) is 17.6. The molecule has 2 N–H and O–H groups in total. The maximum absolute atomic E-state index is 15.7. The summed E-state index contributed by atoms with van der Waals surface area (Å²) in [5, 5.41) is 14.0. The number of hydrogen-bond donors (Lipinski definition) is 2. The summed E-state index contributed by atoms with van der Waals surface area (Å²) in [4.78, 5) is 45.0. The summed E-state index contributed by atoms with van der Waals surface area (Å²) in [5.41, 5.74) is 6.67. The summed E-state index contributed by atoms with van der Waals surface area (Å²) in [5.74, 6) is -0.848. The first-order valence-corrected chi connectivity index (χ1v) is 29.8. The second-order valence-corrected chi connectivity index (χ2v) is 23.1.